The summed E-state index contributed by atoms with van der Waals surface area (Å²) in [7, 11) is 0. The Morgan fingerprint density at radius 2 is 1.34 bits per heavy atom. The van der Waals surface area contributed by atoms with E-state index < -0.39 is 0 Å². The van der Waals surface area contributed by atoms with Crippen LogP contribution in [0.15, 0.2) is 42.7 Å². The highest BCUT2D eigenvalue weighted by atomic mass is 19.1. The van der Waals surface area contributed by atoms with Crippen molar-refractivity contribution in [3.8, 4) is 0 Å². The molecule has 3 heteroatoms. The van der Waals surface area contributed by atoms with Gasteiger partial charge in [-0.05, 0) is 66.0 Å². The third-order valence-corrected chi connectivity index (χ3v) is 6.00. The van der Waals surface area contributed by atoms with Crippen LogP contribution >= 0.6 is 0 Å². The molecule has 2 aromatic rings. The monoisotopic (exact) mass is 394 g/mol. The van der Waals surface area contributed by atoms with E-state index in [0.717, 1.165) is 11.3 Å². The zero-order valence-electron chi connectivity index (χ0n) is 19.1. The molecule has 0 radical (unpaired) electrons. The van der Waals surface area contributed by atoms with E-state index >= 15 is 0 Å². The lowest BCUT2D eigenvalue weighted by molar-refractivity contribution is 0.625. The van der Waals surface area contributed by atoms with Gasteiger partial charge in [0.2, 0.25) is 0 Å². The molecule has 0 amide bonds. The van der Waals surface area contributed by atoms with Crippen LogP contribution in [0.4, 0.5) is 15.8 Å². The van der Waals surface area contributed by atoms with Gasteiger partial charge in [0.05, 0.1) is 0 Å². The highest BCUT2D eigenvalue weighted by Crippen LogP contribution is 2.41. The molecule has 0 unspecified atom stereocenters. The fraction of sp³-hybridized carbons (Fsp3) is 0.462. The molecule has 1 aliphatic heterocycles. The van der Waals surface area contributed by atoms with Crippen molar-refractivity contribution in [3.05, 3.63) is 70.8 Å². The quantitative estimate of drug-likeness (QED) is 0.514. The third-order valence-electron chi connectivity index (χ3n) is 6.00. The van der Waals surface area contributed by atoms with Crippen molar-refractivity contribution in [2.45, 2.75) is 79.3 Å². The number of hydrogen-bond acceptors (Lipinski definition) is 2. The average molecular weight is 395 g/mol. The summed E-state index contributed by atoms with van der Waals surface area (Å²) in [5.41, 5.74) is 7.47. The van der Waals surface area contributed by atoms with Gasteiger partial charge in [0.25, 0.3) is 0 Å². The first kappa shape index (κ1) is 21.4. The zero-order valence-corrected chi connectivity index (χ0v) is 19.1. The molecule has 0 bridgehead atoms. The fourth-order valence-electron chi connectivity index (χ4n) is 4.15. The van der Waals surface area contributed by atoms with Gasteiger partial charge < -0.3 is 9.80 Å². The van der Waals surface area contributed by atoms with E-state index in [1.807, 2.05) is 13.0 Å². The number of nitrogens with zero attached hydrogens (tertiary/aromatic N) is 2. The molecule has 0 saturated heterocycles. The highest BCUT2D eigenvalue weighted by Gasteiger charge is 2.30. The van der Waals surface area contributed by atoms with E-state index in [1.165, 1.54) is 28.4 Å². The molecule has 0 spiro atoms. The second kappa shape index (κ2) is 8.22. The van der Waals surface area contributed by atoms with E-state index in [1.54, 1.807) is 6.07 Å². The van der Waals surface area contributed by atoms with Gasteiger partial charge in [0, 0.05) is 23.8 Å². The maximum Gasteiger partial charge on any atom is 0.125 e. The van der Waals surface area contributed by atoms with Crippen LogP contribution in [-0.4, -0.2) is 6.17 Å². The molecule has 1 aliphatic rings. The number of anilines is 2. The molecular weight excluding hydrogens is 359 g/mol. The second-order valence-electron chi connectivity index (χ2n) is 9.19. The molecule has 3 rings (SSSR count). The van der Waals surface area contributed by atoms with Gasteiger partial charge in [-0.3, -0.25) is 0 Å². The van der Waals surface area contributed by atoms with Gasteiger partial charge in [-0.25, -0.2) is 4.39 Å². The summed E-state index contributed by atoms with van der Waals surface area (Å²) in [5.74, 6) is 1.15. The molecule has 2 nitrogen and oxygen atoms in total. The number of aryl methyl sites for hydroxylation is 1. The van der Waals surface area contributed by atoms with Crippen molar-refractivity contribution in [2.24, 2.45) is 0 Å². The first-order valence-corrected chi connectivity index (χ1v) is 10.8. The molecule has 29 heavy (non-hydrogen) atoms. The Balaban J connectivity index is 2.11. The Hall–Kier alpha value is -2.29. The first-order chi connectivity index (χ1) is 13.6. The minimum Gasteiger partial charge on any atom is -0.325 e. The average Bonchev–Trinajstić information content (AvgIpc) is 3.03. The van der Waals surface area contributed by atoms with Gasteiger partial charge in [0.15, 0.2) is 0 Å². The van der Waals surface area contributed by atoms with Crippen LogP contribution in [0.2, 0.25) is 0 Å². The topological polar surface area (TPSA) is 6.48 Å². The lowest BCUT2D eigenvalue weighted by Crippen LogP contribution is -2.37. The van der Waals surface area contributed by atoms with Crippen LogP contribution < -0.4 is 9.80 Å². The Bertz CT molecular complexity index is 882. The maximum absolute atomic E-state index is 13.9. The van der Waals surface area contributed by atoms with Crippen LogP contribution in [0.5, 0.6) is 0 Å². The zero-order chi connectivity index (χ0) is 21.5. The summed E-state index contributed by atoms with van der Waals surface area (Å²) in [4.78, 5) is 4.53. The number of benzene rings is 2. The number of halogens is 1. The van der Waals surface area contributed by atoms with E-state index in [2.05, 4.69) is 82.8 Å². The van der Waals surface area contributed by atoms with Gasteiger partial charge in [-0.1, -0.05) is 59.7 Å². The minimum atomic E-state index is -0.198. The second-order valence-corrected chi connectivity index (χ2v) is 9.19. The fourth-order valence-corrected chi connectivity index (χ4v) is 4.15. The van der Waals surface area contributed by atoms with Gasteiger partial charge in [-0.2, -0.15) is 0 Å². The van der Waals surface area contributed by atoms with Crippen LogP contribution in [-0.2, 0) is 0 Å². The molecule has 0 aliphatic carbocycles. The lowest BCUT2D eigenvalue weighted by Gasteiger charge is -2.35. The summed E-state index contributed by atoms with van der Waals surface area (Å²) < 4.78 is 13.9. The predicted octanol–water partition coefficient (Wildman–Crippen LogP) is 7.65. The van der Waals surface area contributed by atoms with E-state index in [-0.39, 0.29) is 12.0 Å². The third kappa shape index (κ3) is 4.05. The molecule has 1 heterocycles. The summed E-state index contributed by atoms with van der Waals surface area (Å²) in [6.07, 6.45) is 4.31. The summed E-state index contributed by atoms with van der Waals surface area (Å²) in [6.45, 7) is 17.8. The van der Waals surface area contributed by atoms with Gasteiger partial charge in [0.1, 0.15) is 12.0 Å². The Morgan fingerprint density at radius 1 is 0.793 bits per heavy atom. The van der Waals surface area contributed by atoms with Crippen LogP contribution in [0.1, 0.15) is 88.5 Å². The molecule has 1 atom stereocenters. The van der Waals surface area contributed by atoms with E-state index in [9.17, 15) is 4.39 Å². The molecule has 0 aromatic heterocycles. The molecule has 0 N–H and O–H groups in total. The molecule has 0 saturated carbocycles. The molecule has 156 valence electrons. The Labute approximate surface area is 176 Å². The standard InChI is InChI=1S/C26H35FN2/c1-16(2)21-13-23(17(3)4)26(24(14-21)18(5)6)29-12-11-28(20(29)8)25-15-22(27)10-9-19(25)7/h9-18,20H,1-8H3/t20-/m1/s1. The highest BCUT2D eigenvalue weighted by molar-refractivity contribution is 5.70. The summed E-state index contributed by atoms with van der Waals surface area (Å²) >= 11 is 0. The van der Waals surface area contributed by atoms with Gasteiger partial charge in [-0.15, -0.1) is 0 Å². The minimum absolute atomic E-state index is 0.0791. The van der Waals surface area contributed by atoms with Crippen molar-refractivity contribution >= 4 is 11.4 Å². The van der Waals surface area contributed by atoms with Crippen LogP contribution in [0.3, 0.4) is 0 Å². The Kier molecular flexibility index (Phi) is 6.07. The van der Waals surface area contributed by atoms with Crippen molar-refractivity contribution < 1.29 is 4.39 Å². The maximum atomic E-state index is 13.9. The van der Waals surface area contributed by atoms with Crippen molar-refractivity contribution in [3.63, 3.8) is 0 Å². The van der Waals surface area contributed by atoms with Crippen LogP contribution in [0, 0.1) is 12.7 Å². The van der Waals surface area contributed by atoms with Crippen molar-refractivity contribution in [2.75, 3.05) is 9.80 Å². The predicted molar refractivity (Wildman–Crippen MR) is 123 cm³/mol. The smallest absolute Gasteiger partial charge is 0.125 e. The molecule has 0 fully saturated rings. The summed E-state index contributed by atoms with van der Waals surface area (Å²) in [6, 6.07) is 9.78. The van der Waals surface area contributed by atoms with Crippen molar-refractivity contribution in [1.29, 1.82) is 0 Å². The SMILES string of the molecule is Cc1ccc(F)cc1N1C=CN(c2c(C(C)C)cc(C(C)C)cc2C(C)C)[C@@H]1C. The Morgan fingerprint density at radius 3 is 1.86 bits per heavy atom. The largest absolute Gasteiger partial charge is 0.325 e. The number of hydrogen-bond donors (Lipinski definition) is 0. The van der Waals surface area contributed by atoms with Crippen LogP contribution in [0.25, 0.3) is 0 Å². The van der Waals surface area contributed by atoms with E-state index in [0.29, 0.717) is 17.8 Å². The summed E-state index contributed by atoms with van der Waals surface area (Å²) in [5, 5.41) is 0. The molecular formula is C26H35FN2. The number of rotatable bonds is 5. The van der Waals surface area contributed by atoms with Gasteiger partial charge >= 0.3 is 0 Å². The molecule has 2 aromatic carbocycles. The lowest BCUT2D eigenvalue weighted by atomic mass is 9.87. The van der Waals surface area contributed by atoms with E-state index in [4.69, 9.17) is 0 Å². The normalized spacial score (nSPS) is 16.8. The first-order valence-electron chi connectivity index (χ1n) is 10.8. The van der Waals surface area contributed by atoms with Crippen molar-refractivity contribution in [1.82, 2.24) is 0 Å².